The molecule has 5 rings (SSSR count). The van der Waals surface area contributed by atoms with Crippen LogP contribution in [0.15, 0.2) is 61.1 Å². The molecule has 3 aromatic heterocycles. The van der Waals surface area contributed by atoms with Crippen molar-refractivity contribution in [3.63, 3.8) is 0 Å². The first-order valence-corrected chi connectivity index (χ1v) is 11.9. The largest absolute Gasteiger partial charge is 0.497 e. The van der Waals surface area contributed by atoms with E-state index < -0.39 is 0 Å². The maximum absolute atomic E-state index is 13.3. The number of hydrogen-bond acceptors (Lipinski definition) is 7. The smallest absolute Gasteiger partial charge is 0.255 e. The summed E-state index contributed by atoms with van der Waals surface area (Å²) in [6.07, 6.45) is 6.78. The number of likely N-dealkylation sites (tertiary alicyclic amines) is 1. The van der Waals surface area contributed by atoms with Crippen molar-refractivity contribution in [2.75, 3.05) is 20.2 Å². The van der Waals surface area contributed by atoms with E-state index in [0.29, 0.717) is 41.8 Å². The lowest BCUT2D eigenvalue weighted by molar-refractivity contribution is 0.0705. The molecule has 1 fully saturated rings. The maximum Gasteiger partial charge on any atom is 0.255 e. The molecule has 0 spiro atoms. The molecular formula is C27H28N6O3. The zero-order valence-electron chi connectivity index (χ0n) is 20.6. The lowest BCUT2D eigenvalue weighted by Gasteiger charge is -2.32. The summed E-state index contributed by atoms with van der Waals surface area (Å²) >= 11 is 0. The van der Waals surface area contributed by atoms with Crippen LogP contribution < -0.4 is 9.47 Å². The summed E-state index contributed by atoms with van der Waals surface area (Å²) in [4.78, 5) is 28.6. The molecule has 36 heavy (non-hydrogen) atoms. The normalized spacial score (nSPS) is 15.5. The first-order valence-electron chi connectivity index (χ1n) is 11.9. The van der Waals surface area contributed by atoms with Gasteiger partial charge in [0.25, 0.3) is 5.91 Å². The Morgan fingerprint density at radius 2 is 1.92 bits per heavy atom. The number of rotatable bonds is 6. The number of carbonyl (C=O) groups excluding carboxylic acids is 1. The molecule has 0 radical (unpaired) electrons. The molecule has 0 saturated carbocycles. The fourth-order valence-corrected chi connectivity index (χ4v) is 4.48. The van der Waals surface area contributed by atoms with E-state index in [4.69, 9.17) is 9.47 Å². The van der Waals surface area contributed by atoms with Gasteiger partial charge in [0.05, 0.1) is 30.3 Å². The van der Waals surface area contributed by atoms with Gasteiger partial charge in [0.1, 0.15) is 11.5 Å². The average Bonchev–Trinajstić information content (AvgIpc) is 3.26. The van der Waals surface area contributed by atoms with Crippen LogP contribution in [-0.4, -0.2) is 55.7 Å². The van der Waals surface area contributed by atoms with Crippen LogP contribution in [0.4, 0.5) is 0 Å². The van der Waals surface area contributed by atoms with Crippen molar-refractivity contribution in [2.24, 2.45) is 0 Å². The number of benzene rings is 1. The second kappa shape index (κ2) is 10.2. The van der Waals surface area contributed by atoms with Crippen molar-refractivity contribution in [3.05, 3.63) is 83.7 Å². The van der Waals surface area contributed by atoms with E-state index in [1.54, 1.807) is 36.4 Å². The molecule has 1 aliphatic heterocycles. The number of methoxy groups -OCH3 is 1. The Hall–Kier alpha value is -4.27. The highest BCUT2D eigenvalue weighted by Gasteiger charge is 2.27. The molecule has 1 aromatic carbocycles. The zero-order valence-corrected chi connectivity index (χ0v) is 20.6. The topological polar surface area (TPSA) is 95.3 Å². The highest BCUT2D eigenvalue weighted by atomic mass is 16.5. The highest BCUT2D eigenvalue weighted by Crippen LogP contribution is 2.29. The maximum atomic E-state index is 13.3. The molecule has 1 atom stereocenters. The Kier molecular flexibility index (Phi) is 6.62. The van der Waals surface area contributed by atoms with Gasteiger partial charge in [-0.25, -0.2) is 14.6 Å². The molecule has 9 nitrogen and oxygen atoms in total. The molecule has 1 saturated heterocycles. The molecule has 9 heteroatoms. The predicted molar refractivity (Wildman–Crippen MR) is 134 cm³/mol. The molecular weight excluding hydrogens is 456 g/mol. The van der Waals surface area contributed by atoms with Crippen molar-refractivity contribution in [2.45, 2.75) is 32.6 Å². The third-order valence-corrected chi connectivity index (χ3v) is 6.24. The first kappa shape index (κ1) is 23.5. The minimum Gasteiger partial charge on any atom is -0.497 e. The van der Waals surface area contributed by atoms with Crippen molar-refractivity contribution >= 4 is 5.91 Å². The minimum absolute atomic E-state index is 0.0381. The van der Waals surface area contributed by atoms with E-state index in [2.05, 4.69) is 20.1 Å². The molecule has 0 bridgehead atoms. The molecule has 4 heterocycles. The van der Waals surface area contributed by atoms with Gasteiger partial charge in [0.2, 0.25) is 5.88 Å². The number of aryl methyl sites for hydroxylation is 2. The third-order valence-electron chi connectivity index (χ3n) is 6.24. The van der Waals surface area contributed by atoms with Gasteiger partial charge in [-0.2, -0.15) is 5.10 Å². The molecule has 0 aliphatic carbocycles. The lowest BCUT2D eigenvalue weighted by atomic mass is 9.94. The van der Waals surface area contributed by atoms with Crippen LogP contribution in [0.3, 0.4) is 0 Å². The predicted octanol–water partition coefficient (Wildman–Crippen LogP) is 4.49. The number of nitrogens with zero attached hydrogens (tertiary/aromatic N) is 6. The van der Waals surface area contributed by atoms with Crippen molar-refractivity contribution in [1.82, 2.24) is 29.6 Å². The Labute approximate surface area is 209 Å². The number of ether oxygens (including phenoxy) is 2. The zero-order chi connectivity index (χ0) is 25.1. The van der Waals surface area contributed by atoms with Crippen LogP contribution in [0.5, 0.6) is 17.4 Å². The van der Waals surface area contributed by atoms with Crippen LogP contribution in [0.25, 0.3) is 5.82 Å². The fraction of sp³-hybridized carbons (Fsp3) is 0.296. The summed E-state index contributed by atoms with van der Waals surface area (Å²) in [5, 5.41) is 4.46. The van der Waals surface area contributed by atoms with E-state index in [9.17, 15) is 4.79 Å². The van der Waals surface area contributed by atoms with Gasteiger partial charge >= 0.3 is 0 Å². The summed E-state index contributed by atoms with van der Waals surface area (Å²) in [6.45, 7) is 5.19. The van der Waals surface area contributed by atoms with E-state index in [1.807, 2.05) is 55.1 Å². The van der Waals surface area contributed by atoms with Crippen LogP contribution in [0.1, 0.15) is 46.2 Å². The second-order valence-electron chi connectivity index (χ2n) is 8.90. The van der Waals surface area contributed by atoms with E-state index in [0.717, 1.165) is 29.9 Å². The molecule has 1 amide bonds. The standard InChI is InChI=1S/C27H28N6O3/c1-18-12-19(2)33(31-18)25-10-9-20(14-29-25)27(34)32-11-5-6-21(17-32)24-15-28-16-26(30-24)36-23-8-4-7-22(13-23)35-3/h4,7-10,12-16,21H,5-6,11,17H2,1-3H3. The van der Waals surface area contributed by atoms with Gasteiger partial charge in [0.15, 0.2) is 5.82 Å². The molecule has 1 aliphatic rings. The number of pyridine rings is 1. The monoisotopic (exact) mass is 484 g/mol. The van der Waals surface area contributed by atoms with Crippen LogP contribution in [0, 0.1) is 13.8 Å². The van der Waals surface area contributed by atoms with Crippen LogP contribution >= 0.6 is 0 Å². The number of piperidine rings is 1. The third kappa shape index (κ3) is 5.05. The summed E-state index contributed by atoms with van der Waals surface area (Å²) < 4.78 is 12.9. The highest BCUT2D eigenvalue weighted by molar-refractivity contribution is 5.94. The SMILES string of the molecule is COc1cccc(Oc2cncc(C3CCCN(C(=O)c4ccc(-n5nc(C)cc5C)nc4)C3)n2)c1. The second-order valence-corrected chi connectivity index (χ2v) is 8.90. The Morgan fingerprint density at radius 1 is 1.06 bits per heavy atom. The van der Waals surface area contributed by atoms with Gasteiger partial charge in [-0.15, -0.1) is 0 Å². The van der Waals surface area contributed by atoms with Crippen LogP contribution in [-0.2, 0) is 0 Å². The number of carbonyl (C=O) groups is 1. The quantitative estimate of drug-likeness (QED) is 0.398. The van der Waals surface area contributed by atoms with Gasteiger partial charge in [0, 0.05) is 43.2 Å². The van der Waals surface area contributed by atoms with Gasteiger partial charge in [-0.05, 0) is 57.0 Å². The first-order chi connectivity index (χ1) is 17.5. The summed E-state index contributed by atoms with van der Waals surface area (Å²) in [6, 6.07) is 13.0. The van der Waals surface area contributed by atoms with E-state index in [1.165, 1.54) is 0 Å². The van der Waals surface area contributed by atoms with Crippen molar-refractivity contribution in [3.8, 4) is 23.2 Å². The Morgan fingerprint density at radius 3 is 2.67 bits per heavy atom. The van der Waals surface area contributed by atoms with Crippen molar-refractivity contribution < 1.29 is 14.3 Å². The minimum atomic E-state index is -0.0381. The average molecular weight is 485 g/mol. The lowest BCUT2D eigenvalue weighted by Crippen LogP contribution is -2.39. The number of aromatic nitrogens is 5. The number of amides is 1. The van der Waals surface area contributed by atoms with Gasteiger partial charge < -0.3 is 14.4 Å². The van der Waals surface area contributed by atoms with Crippen LogP contribution in [0.2, 0.25) is 0 Å². The summed E-state index contributed by atoms with van der Waals surface area (Å²) in [5.41, 5.74) is 3.29. The van der Waals surface area contributed by atoms with E-state index >= 15 is 0 Å². The van der Waals surface area contributed by atoms with Gasteiger partial charge in [-0.3, -0.25) is 9.78 Å². The molecule has 184 valence electrons. The Balaban J connectivity index is 1.28. The van der Waals surface area contributed by atoms with Crippen molar-refractivity contribution in [1.29, 1.82) is 0 Å². The molecule has 1 unspecified atom stereocenters. The number of hydrogen-bond donors (Lipinski definition) is 0. The van der Waals surface area contributed by atoms with Gasteiger partial charge in [-0.1, -0.05) is 6.07 Å². The Bertz CT molecular complexity index is 1370. The van der Waals surface area contributed by atoms with E-state index in [-0.39, 0.29) is 11.8 Å². The summed E-state index contributed by atoms with van der Waals surface area (Å²) in [5.74, 6) is 2.47. The molecule has 4 aromatic rings. The fourth-order valence-electron chi connectivity index (χ4n) is 4.48. The summed E-state index contributed by atoms with van der Waals surface area (Å²) in [7, 11) is 1.61. The molecule has 0 N–H and O–H groups in total.